The van der Waals surface area contributed by atoms with Crippen molar-refractivity contribution in [3.8, 4) is 6.07 Å². The molecule has 2 N–H and O–H groups in total. The Morgan fingerprint density at radius 2 is 2.04 bits per heavy atom. The molecule has 0 radical (unpaired) electrons. The molecule has 1 aromatic heterocycles. The zero-order valence-electron chi connectivity index (χ0n) is 15.3. The molecule has 0 aliphatic heterocycles. The lowest BCUT2D eigenvalue weighted by atomic mass is 10.1. The van der Waals surface area contributed by atoms with E-state index in [4.69, 9.17) is 4.74 Å². The molecule has 134 valence electrons. The van der Waals surface area contributed by atoms with Crippen molar-refractivity contribution in [2.75, 3.05) is 11.9 Å². The number of carbonyl (C=O) groups is 2. The Hall–Kier alpha value is -3.33. The maximum Gasteiger partial charge on any atom is 0.340 e. The van der Waals surface area contributed by atoms with Gasteiger partial charge >= 0.3 is 5.97 Å². The molecule has 1 aromatic carbocycles. The highest BCUT2D eigenvalue weighted by Crippen LogP contribution is 2.21. The monoisotopic (exact) mass is 351 g/mol. The molecule has 0 aliphatic rings. The molecule has 0 spiro atoms. The summed E-state index contributed by atoms with van der Waals surface area (Å²) in [6.07, 6.45) is 1.44. The zero-order valence-corrected chi connectivity index (χ0v) is 15.3. The van der Waals surface area contributed by atoms with Crippen LogP contribution < -0.4 is 5.32 Å². The fourth-order valence-corrected chi connectivity index (χ4v) is 2.64. The maximum atomic E-state index is 12.4. The molecule has 0 fully saturated rings. The van der Waals surface area contributed by atoms with Gasteiger partial charge in [0.2, 0.25) is 0 Å². The molecule has 0 unspecified atom stereocenters. The van der Waals surface area contributed by atoms with Crippen molar-refractivity contribution in [2.24, 2.45) is 0 Å². The van der Waals surface area contributed by atoms with Gasteiger partial charge in [-0.1, -0.05) is 12.1 Å². The summed E-state index contributed by atoms with van der Waals surface area (Å²) in [6.45, 7) is 7.42. The number of amides is 1. The Morgan fingerprint density at radius 1 is 1.31 bits per heavy atom. The molecular weight excluding hydrogens is 330 g/mol. The van der Waals surface area contributed by atoms with E-state index >= 15 is 0 Å². The third kappa shape index (κ3) is 4.19. The van der Waals surface area contributed by atoms with E-state index in [1.807, 2.05) is 31.2 Å². The lowest BCUT2D eigenvalue weighted by Gasteiger charge is -2.05. The minimum atomic E-state index is -0.512. The highest BCUT2D eigenvalue weighted by Gasteiger charge is 2.19. The van der Waals surface area contributed by atoms with Crippen LogP contribution in [0.2, 0.25) is 0 Å². The van der Waals surface area contributed by atoms with Gasteiger partial charge in [0.15, 0.2) is 0 Å². The van der Waals surface area contributed by atoms with Gasteiger partial charge in [-0.3, -0.25) is 4.79 Å². The highest BCUT2D eigenvalue weighted by atomic mass is 16.5. The molecule has 6 heteroatoms. The normalized spacial score (nSPS) is 11.0. The van der Waals surface area contributed by atoms with Crippen LogP contribution in [-0.4, -0.2) is 23.5 Å². The maximum absolute atomic E-state index is 12.4. The van der Waals surface area contributed by atoms with Gasteiger partial charge in [0, 0.05) is 17.1 Å². The molecule has 0 atom stereocenters. The fourth-order valence-electron chi connectivity index (χ4n) is 2.64. The molecule has 1 amide bonds. The van der Waals surface area contributed by atoms with Gasteiger partial charge in [0.1, 0.15) is 11.6 Å². The lowest BCUT2D eigenvalue weighted by molar-refractivity contribution is -0.112. The van der Waals surface area contributed by atoms with E-state index in [-0.39, 0.29) is 12.2 Å². The van der Waals surface area contributed by atoms with Gasteiger partial charge in [-0.05, 0) is 57.0 Å². The Morgan fingerprint density at radius 3 is 2.65 bits per heavy atom. The minimum Gasteiger partial charge on any atom is -0.462 e. The van der Waals surface area contributed by atoms with Crippen LogP contribution in [0.4, 0.5) is 5.69 Å². The predicted octanol–water partition coefficient (Wildman–Crippen LogP) is 3.66. The van der Waals surface area contributed by atoms with Crippen LogP contribution in [0.25, 0.3) is 6.08 Å². The second kappa shape index (κ2) is 8.17. The van der Waals surface area contributed by atoms with Crippen molar-refractivity contribution >= 4 is 23.6 Å². The Kier molecular flexibility index (Phi) is 5.97. The number of nitrogens with one attached hydrogen (secondary N) is 2. The summed E-state index contributed by atoms with van der Waals surface area (Å²) in [6, 6.07) is 9.22. The summed E-state index contributed by atoms with van der Waals surface area (Å²) in [5, 5.41) is 12.1. The van der Waals surface area contributed by atoms with Gasteiger partial charge in [-0.15, -0.1) is 0 Å². The number of esters is 1. The molecule has 0 saturated heterocycles. The summed E-state index contributed by atoms with van der Waals surface area (Å²) in [5.74, 6) is -0.941. The van der Waals surface area contributed by atoms with Crippen molar-refractivity contribution in [3.05, 3.63) is 57.9 Å². The van der Waals surface area contributed by atoms with Crippen molar-refractivity contribution < 1.29 is 14.3 Å². The molecule has 2 rings (SSSR count). The van der Waals surface area contributed by atoms with Crippen LogP contribution in [0.15, 0.2) is 29.8 Å². The van der Waals surface area contributed by atoms with Crippen molar-refractivity contribution in [2.45, 2.75) is 27.7 Å². The minimum absolute atomic E-state index is 0.0636. The Balaban J connectivity index is 2.31. The molecule has 26 heavy (non-hydrogen) atoms. The summed E-state index contributed by atoms with van der Waals surface area (Å²) >= 11 is 0. The molecular formula is C20H21N3O3. The Bertz CT molecular complexity index is 917. The number of anilines is 1. The van der Waals surface area contributed by atoms with Crippen LogP contribution in [0, 0.1) is 32.1 Å². The van der Waals surface area contributed by atoms with E-state index < -0.39 is 11.9 Å². The summed E-state index contributed by atoms with van der Waals surface area (Å²) < 4.78 is 5.05. The van der Waals surface area contributed by atoms with Crippen LogP contribution in [0.5, 0.6) is 0 Å². The molecule has 0 saturated carbocycles. The third-order valence-electron chi connectivity index (χ3n) is 3.89. The summed E-state index contributed by atoms with van der Waals surface area (Å²) in [4.78, 5) is 27.5. The van der Waals surface area contributed by atoms with E-state index in [1.165, 1.54) is 6.08 Å². The number of aromatic amines is 1. The van der Waals surface area contributed by atoms with E-state index in [0.717, 1.165) is 5.56 Å². The molecule has 0 aliphatic carbocycles. The van der Waals surface area contributed by atoms with Gasteiger partial charge < -0.3 is 15.0 Å². The molecule has 1 heterocycles. The second-order valence-corrected chi connectivity index (χ2v) is 5.88. The zero-order chi connectivity index (χ0) is 19.3. The van der Waals surface area contributed by atoms with E-state index in [2.05, 4.69) is 10.3 Å². The number of hydrogen-bond donors (Lipinski definition) is 2. The SMILES string of the molecule is CCOC(=O)c1c(C)[nH]c(/C=C(\C#N)C(=O)Nc2cccc(C)c2)c1C. The van der Waals surface area contributed by atoms with Crippen molar-refractivity contribution in [3.63, 3.8) is 0 Å². The first-order valence-corrected chi connectivity index (χ1v) is 8.23. The summed E-state index contributed by atoms with van der Waals surface area (Å²) in [5.41, 5.74) is 3.77. The first-order valence-electron chi connectivity index (χ1n) is 8.23. The van der Waals surface area contributed by atoms with Gasteiger partial charge in [-0.25, -0.2) is 4.79 Å². The van der Waals surface area contributed by atoms with Crippen LogP contribution in [-0.2, 0) is 9.53 Å². The number of ether oxygens (including phenoxy) is 1. The van der Waals surface area contributed by atoms with Gasteiger partial charge in [0.25, 0.3) is 5.91 Å². The quantitative estimate of drug-likeness (QED) is 0.488. The first kappa shape index (κ1) is 19.0. The number of benzene rings is 1. The lowest BCUT2D eigenvalue weighted by Crippen LogP contribution is -2.13. The molecule has 6 nitrogen and oxygen atoms in total. The fraction of sp³-hybridized carbons (Fsp3) is 0.250. The summed E-state index contributed by atoms with van der Waals surface area (Å²) in [7, 11) is 0. The standard InChI is InChI=1S/C20H21N3O3/c1-5-26-20(25)18-13(3)17(22-14(18)4)10-15(11-21)19(24)23-16-8-6-7-12(2)9-16/h6-10,22H,5H2,1-4H3,(H,23,24)/b15-10+. The highest BCUT2D eigenvalue weighted by molar-refractivity contribution is 6.09. The first-order chi connectivity index (χ1) is 12.4. The average Bonchev–Trinajstić information content (AvgIpc) is 2.86. The average molecular weight is 351 g/mol. The molecule has 2 aromatic rings. The smallest absolute Gasteiger partial charge is 0.340 e. The second-order valence-electron chi connectivity index (χ2n) is 5.88. The number of hydrogen-bond acceptors (Lipinski definition) is 4. The van der Waals surface area contributed by atoms with Crippen molar-refractivity contribution in [1.29, 1.82) is 5.26 Å². The number of aromatic nitrogens is 1. The van der Waals surface area contributed by atoms with Gasteiger partial charge in [0.05, 0.1) is 12.2 Å². The van der Waals surface area contributed by atoms with Crippen LogP contribution in [0.1, 0.15) is 39.8 Å². The number of H-pyrrole nitrogens is 1. The van der Waals surface area contributed by atoms with E-state index in [0.29, 0.717) is 28.2 Å². The number of rotatable bonds is 5. The van der Waals surface area contributed by atoms with Gasteiger partial charge in [-0.2, -0.15) is 5.26 Å². The Labute approximate surface area is 152 Å². The predicted molar refractivity (Wildman–Crippen MR) is 99.6 cm³/mol. The van der Waals surface area contributed by atoms with Crippen LogP contribution >= 0.6 is 0 Å². The molecule has 0 bridgehead atoms. The number of carbonyl (C=O) groups excluding carboxylic acids is 2. The number of aryl methyl sites for hydroxylation is 2. The van der Waals surface area contributed by atoms with Crippen molar-refractivity contribution in [1.82, 2.24) is 4.98 Å². The van der Waals surface area contributed by atoms with Crippen LogP contribution in [0.3, 0.4) is 0 Å². The topological polar surface area (TPSA) is 95.0 Å². The number of nitrogens with zero attached hydrogens (tertiary/aromatic N) is 1. The van der Waals surface area contributed by atoms with E-state index in [1.54, 1.807) is 26.8 Å². The number of nitriles is 1. The third-order valence-corrected chi connectivity index (χ3v) is 3.89. The largest absolute Gasteiger partial charge is 0.462 e. The van der Waals surface area contributed by atoms with E-state index in [9.17, 15) is 14.9 Å².